The Bertz CT molecular complexity index is 609. The second-order valence-electron chi connectivity index (χ2n) is 5.45. The van der Waals surface area contributed by atoms with Gasteiger partial charge in [-0.15, -0.1) is 0 Å². The predicted octanol–water partition coefficient (Wildman–Crippen LogP) is 1.80. The second-order valence-corrected chi connectivity index (χ2v) is 5.45. The fourth-order valence-corrected chi connectivity index (χ4v) is 2.36. The third-order valence-corrected chi connectivity index (χ3v) is 3.59. The monoisotopic (exact) mass is 329 g/mol. The molecule has 0 spiro atoms. The van der Waals surface area contributed by atoms with Crippen molar-refractivity contribution in [2.75, 3.05) is 26.3 Å². The van der Waals surface area contributed by atoms with E-state index in [0.29, 0.717) is 19.0 Å². The number of rotatable bonds is 10. The first kappa shape index (κ1) is 18.0. The van der Waals surface area contributed by atoms with Gasteiger partial charge in [-0.25, -0.2) is 4.98 Å². The quantitative estimate of drug-likeness (QED) is 0.396. The zero-order chi connectivity index (χ0) is 17.0. The van der Waals surface area contributed by atoms with E-state index in [1.54, 1.807) is 0 Å². The van der Waals surface area contributed by atoms with Crippen LogP contribution in [0.4, 0.5) is 0 Å². The minimum absolute atomic E-state index is 0.479. The van der Waals surface area contributed by atoms with Gasteiger partial charge in [0, 0.05) is 51.7 Å². The smallest absolute Gasteiger partial charge is 0.188 e. The summed E-state index contributed by atoms with van der Waals surface area (Å²) in [6, 6.07) is 10.4. The molecule has 1 aromatic carbocycles. The Morgan fingerprint density at radius 3 is 2.96 bits per heavy atom. The van der Waals surface area contributed by atoms with E-state index < -0.39 is 0 Å². The molecule has 0 aliphatic carbocycles. The molecule has 0 aliphatic rings. The van der Waals surface area contributed by atoms with Crippen LogP contribution in [0.5, 0.6) is 0 Å². The zero-order valence-electron chi connectivity index (χ0n) is 14.3. The van der Waals surface area contributed by atoms with Crippen LogP contribution in [0, 0.1) is 0 Å². The van der Waals surface area contributed by atoms with E-state index in [0.717, 1.165) is 38.4 Å². The number of benzene rings is 1. The van der Waals surface area contributed by atoms with E-state index in [2.05, 4.69) is 44.1 Å². The van der Waals surface area contributed by atoms with Crippen LogP contribution < -0.4 is 11.1 Å². The van der Waals surface area contributed by atoms with Crippen LogP contribution in [0.3, 0.4) is 0 Å². The van der Waals surface area contributed by atoms with Crippen molar-refractivity contribution >= 4 is 5.96 Å². The highest BCUT2D eigenvalue weighted by molar-refractivity contribution is 5.77. The molecule has 1 aromatic heterocycles. The molecule has 3 N–H and O–H groups in total. The Balaban J connectivity index is 1.73. The molecule has 24 heavy (non-hydrogen) atoms. The minimum atomic E-state index is 0.479. The molecule has 0 fully saturated rings. The molecule has 2 rings (SSSR count). The maximum Gasteiger partial charge on any atom is 0.188 e. The average molecular weight is 329 g/mol. The number of aliphatic imine (C=N–C) groups is 1. The lowest BCUT2D eigenvalue weighted by molar-refractivity contribution is 0.146. The highest BCUT2D eigenvalue weighted by Crippen LogP contribution is 2.05. The zero-order valence-corrected chi connectivity index (χ0v) is 14.3. The van der Waals surface area contributed by atoms with Crippen LogP contribution in [-0.2, 0) is 17.7 Å². The molecule has 1 heterocycles. The summed E-state index contributed by atoms with van der Waals surface area (Å²) in [5.41, 5.74) is 7.12. The van der Waals surface area contributed by atoms with Crippen LogP contribution in [0.2, 0.25) is 0 Å². The van der Waals surface area contributed by atoms with Crippen molar-refractivity contribution in [2.24, 2.45) is 10.7 Å². The van der Waals surface area contributed by atoms with E-state index in [1.807, 2.05) is 25.4 Å². The molecule has 2 aromatic rings. The highest BCUT2D eigenvalue weighted by atomic mass is 16.5. The van der Waals surface area contributed by atoms with E-state index in [4.69, 9.17) is 10.5 Å². The lowest BCUT2D eigenvalue weighted by Gasteiger charge is -2.09. The first-order chi connectivity index (χ1) is 11.8. The Hall–Kier alpha value is -2.34. The number of nitrogens with zero attached hydrogens (tertiary/aromatic N) is 3. The standard InChI is InChI=1S/C18H27N5O/c1-2-24-14-6-10-21-18(19)22-11-9-17-20-12-13-23(17)15-16-7-4-3-5-8-16/h3-5,7-8,12-13H,2,6,9-11,14-15H2,1H3,(H3,19,21,22). The summed E-state index contributed by atoms with van der Waals surface area (Å²) in [5.74, 6) is 1.52. The minimum Gasteiger partial charge on any atom is -0.382 e. The number of hydrogen-bond donors (Lipinski definition) is 2. The summed E-state index contributed by atoms with van der Waals surface area (Å²) >= 11 is 0. The first-order valence-electron chi connectivity index (χ1n) is 8.45. The van der Waals surface area contributed by atoms with Crippen molar-refractivity contribution in [2.45, 2.75) is 26.3 Å². The van der Waals surface area contributed by atoms with Gasteiger partial charge in [-0.3, -0.25) is 4.99 Å². The molecule has 0 saturated heterocycles. The molecule has 0 atom stereocenters. The van der Waals surface area contributed by atoms with Crippen LogP contribution in [0.15, 0.2) is 47.7 Å². The molecule has 0 amide bonds. The van der Waals surface area contributed by atoms with Crippen molar-refractivity contribution < 1.29 is 4.74 Å². The third kappa shape index (κ3) is 6.42. The highest BCUT2D eigenvalue weighted by Gasteiger charge is 2.03. The Labute approximate surface area is 143 Å². The number of hydrogen-bond acceptors (Lipinski definition) is 3. The number of imidazole rings is 1. The number of nitrogens with one attached hydrogen (secondary N) is 1. The van der Waals surface area contributed by atoms with Crippen LogP contribution in [-0.4, -0.2) is 41.8 Å². The summed E-state index contributed by atoms with van der Waals surface area (Å²) in [5, 5.41) is 3.14. The number of ether oxygens (including phenoxy) is 1. The Morgan fingerprint density at radius 1 is 1.33 bits per heavy atom. The van der Waals surface area contributed by atoms with Gasteiger partial charge in [-0.05, 0) is 18.9 Å². The van der Waals surface area contributed by atoms with Gasteiger partial charge in [0.2, 0.25) is 0 Å². The fraction of sp³-hybridized carbons (Fsp3) is 0.444. The Morgan fingerprint density at radius 2 is 2.17 bits per heavy atom. The largest absolute Gasteiger partial charge is 0.382 e. The van der Waals surface area contributed by atoms with E-state index in [-0.39, 0.29) is 0 Å². The van der Waals surface area contributed by atoms with Crippen molar-refractivity contribution in [1.82, 2.24) is 14.9 Å². The summed E-state index contributed by atoms with van der Waals surface area (Å²) < 4.78 is 7.43. The predicted molar refractivity (Wildman–Crippen MR) is 97.1 cm³/mol. The lowest BCUT2D eigenvalue weighted by atomic mass is 10.2. The maximum atomic E-state index is 5.86. The SMILES string of the molecule is CCOCCCN=C(N)NCCc1nccn1Cc1ccccc1. The van der Waals surface area contributed by atoms with Crippen molar-refractivity contribution in [3.05, 3.63) is 54.1 Å². The molecule has 0 aliphatic heterocycles. The summed E-state index contributed by atoms with van der Waals surface area (Å²) in [6.45, 7) is 5.68. The molecule has 0 bridgehead atoms. The molecule has 6 nitrogen and oxygen atoms in total. The number of nitrogens with two attached hydrogens (primary N) is 1. The molecule has 130 valence electrons. The summed E-state index contributed by atoms with van der Waals surface area (Å²) in [4.78, 5) is 8.71. The number of guanidine groups is 1. The summed E-state index contributed by atoms with van der Waals surface area (Å²) in [6.07, 6.45) is 5.53. The molecular formula is C18H27N5O. The van der Waals surface area contributed by atoms with Crippen molar-refractivity contribution in [3.63, 3.8) is 0 Å². The molecule has 0 saturated carbocycles. The average Bonchev–Trinajstić information content (AvgIpc) is 3.03. The van der Waals surface area contributed by atoms with Gasteiger partial charge in [0.25, 0.3) is 0 Å². The molecule has 6 heteroatoms. The summed E-state index contributed by atoms with van der Waals surface area (Å²) in [7, 11) is 0. The van der Waals surface area contributed by atoms with Gasteiger partial charge < -0.3 is 20.4 Å². The molecular weight excluding hydrogens is 302 g/mol. The number of aromatic nitrogens is 2. The fourth-order valence-electron chi connectivity index (χ4n) is 2.36. The second kappa shape index (κ2) is 10.4. The molecule has 0 unspecified atom stereocenters. The lowest BCUT2D eigenvalue weighted by Crippen LogP contribution is -2.33. The van der Waals surface area contributed by atoms with Gasteiger partial charge in [0.05, 0.1) is 0 Å². The first-order valence-corrected chi connectivity index (χ1v) is 8.45. The van der Waals surface area contributed by atoms with Crippen molar-refractivity contribution in [1.29, 1.82) is 0 Å². The van der Waals surface area contributed by atoms with Crippen LogP contribution >= 0.6 is 0 Å². The van der Waals surface area contributed by atoms with Gasteiger partial charge >= 0.3 is 0 Å². The van der Waals surface area contributed by atoms with E-state index >= 15 is 0 Å². The van der Waals surface area contributed by atoms with E-state index in [1.165, 1.54) is 5.56 Å². The van der Waals surface area contributed by atoms with Crippen molar-refractivity contribution in [3.8, 4) is 0 Å². The maximum absolute atomic E-state index is 5.86. The van der Waals surface area contributed by atoms with Gasteiger partial charge in [0.15, 0.2) is 5.96 Å². The van der Waals surface area contributed by atoms with E-state index in [9.17, 15) is 0 Å². The van der Waals surface area contributed by atoms with Crippen LogP contribution in [0.1, 0.15) is 24.7 Å². The normalized spacial score (nSPS) is 11.6. The van der Waals surface area contributed by atoms with Gasteiger partial charge in [0.1, 0.15) is 5.82 Å². The van der Waals surface area contributed by atoms with Gasteiger partial charge in [-0.1, -0.05) is 30.3 Å². The topological polar surface area (TPSA) is 77.5 Å². The van der Waals surface area contributed by atoms with Gasteiger partial charge in [-0.2, -0.15) is 0 Å². The van der Waals surface area contributed by atoms with Crippen LogP contribution in [0.25, 0.3) is 0 Å². The molecule has 0 radical (unpaired) electrons. The Kier molecular flexibility index (Phi) is 7.83. The third-order valence-electron chi connectivity index (χ3n) is 3.59.